The molecule has 0 unspecified atom stereocenters. The van der Waals surface area contributed by atoms with E-state index < -0.39 is 6.09 Å². The minimum Gasteiger partial charge on any atom is -0.464 e. The first-order chi connectivity index (χ1) is 6.90. The number of carbonyl (C=O) groups is 1. The lowest BCUT2D eigenvalue weighted by Crippen LogP contribution is -2.51. The second kappa shape index (κ2) is 4.31. The van der Waals surface area contributed by atoms with E-state index in [-0.39, 0.29) is 5.54 Å². The molecule has 0 atom stereocenters. The third kappa shape index (κ3) is 3.59. The van der Waals surface area contributed by atoms with Crippen molar-refractivity contribution < 1.29 is 9.90 Å². The Morgan fingerprint density at radius 2 is 1.80 bits per heavy atom. The van der Waals surface area contributed by atoms with Gasteiger partial charge >= 0.3 is 6.09 Å². The molecular formula is C11H16N2O2. The van der Waals surface area contributed by atoms with Crippen molar-refractivity contribution in [1.29, 1.82) is 0 Å². The van der Waals surface area contributed by atoms with Gasteiger partial charge in [-0.1, -0.05) is 18.2 Å². The highest BCUT2D eigenvalue weighted by Gasteiger charge is 2.20. The highest BCUT2D eigenvalue weighted by molar-refractivity contribution is 5.84. The Balaban J connectivity index is 2.90. The monoisotopic (exact) mass is 208 g/mol. The van der Waals surface area contributed by atoms with Crippen LogP contribution in [0.5, 0.6) is 0 Å². The van der Waals surface area contributed by atoms with Crippen molar-refractivity contribution in [3.8, 4) is 0 Å². The summed E-state index contributed by atoms with van der Waals surface area (Å²) >= 11 is 0. The fraction of sp³-hybridized carbons (Fsp3) is 0.364. The summed E-state index contributed by atoms with van der Waals surface area (Å²) in [5.74, 6) is 0. The number of amides is 1. The molecule has 0 aliphatic carbocycles. The molecule has 0 spiro atoms. The number of benzene rings is 1. The molecule has 0 aliphatic rings. The van der Waals surface area contributed by atoms with Gasteiger partial charge in [0.15, 0.2) is 0 Å². The quantitative estimate of drug-likeness (QED) is 0.734. The zero-order chi connectivity index (χ0) is 11.5. The summed E-state index contributed by atoms with van der Waals surface area (Å²) in [6.07, 6.45) is -1.02. The van der Waals surface area contributed by atoms with E-state index in [2.05, 4.69) is 5.43 Å². The molecule has 0 bridgehead atoms. The molecule has 0 heterocycles. The summed E-state index contributed by atoms with van der Waals surface area (Å²) in [5, 5.41) is 10.2. The molecule has 82 valence electrons. The third-order valence-electron chi connectivity index (χ3n) is 1.65. The maximum atomic E-state index is 11.0. The zero-order valence-electron chi connectivity index (χ0n) is 9.19. The number of rotatable bonds is 2. The number of para-hydroxylation sites is 1. The molecule has 1 aromatic rings. The van der Waals surface area contributed by atoms with E-state index in [1.165, 1.54) is 0 Å². The van der Waals surface area contributed by atoms with Crippen LogP contribution < -0.4 is 10.4 Å². The Morgan fingerprint density at radius 3 is 2.20 bits per heavy atom. The van der Waals surface area contributed by atoms with Gasteiger partial charge in [-0.25, -0.2) is 15.2 Å². The molecule has 1 rings (SSSR count). The van der Waals surface area contributed by atoms with Gasteiger partial charge in [0.05, 0.1) is 5.69 Å². The molecule has 4 heteroatoms. The maximum absolute atomic E-state index is 11.0. The summed E-state index contributed by atoms with van der Waals surface area (Å²) in [7, 11) is 0. The van der Waals surface area contributed by atoms with E-state index in [1.54, 1.807) is 24.3 Å². The third-order valence-corrected chi connectivity index (χ3v) is 1.65. The molecule has 0 aromatic heterocycles. The van der Waals surface area contributed by atoms with E-state index in [0.29, 0.717) is 5.69 Å². The number of hydrazine groups is 1. The lowest BCUT2D eigenvalue weighted by molar-refractivity contribution is 0.194. The van der Waals surface area contributed by atoms with Gasteiger partial charge in [-0.05, 0) is 32.9 Å². The number of hydrogen-bond acceptors (Lipinski definition) is 2. The smallest absolute Gasteiger partial charge is 0.426 e. The fourth-order valence-corrected chi connectivity index (χ4v) is 1.14. The van der Waals surface area contributed by atoms with Crippen LogP contribution in [0.2, 0.25) is 0 Å². The highest BCUT2D eigenvalue weighted by atomic mass is 16.4. The predicted octanol–water partition coefficient (Wildman–Crippen LogP) is 2.47. The van der Waals surface area contributed by atoms with Crippen LogP contribution in [0.1, 0.15) is 20.8 Å². The van der Waals surface area contributed by atoms with Crippen molar-refractivity contribution in [3.05, 3.63) is 30.3 Å². The summed E-state index contributed by atoms with van der Waals surface area (Å²) in [6, 6.07) is 8.94. The molecule has 0 saturated heterocycles. The van der Waals surface area contributed by atoms with Gasteiger partial charge < -0.3 is 5.11 Å². The predicted molar refractivity (Wildman–Crippen MR) is 59.8 cm³/mol. The Bertz CT molecular complexity index is 330. The topological polar surface area (TPSA) is 52.6 Å². The molecule has 0 radical (unpaired) electrons. The van der Waals surface area contributed by atoms with Crippen LogP contribution in [0, 0.1) is 0 Å². The van der Waals surface area contributed by atoms with Gasteiger partial charge in [-0.2, -0.15) is 0 Å². The molecule has 0 saturated carbocycles. The van der Waals surface area contributed by atoms with Gasteiger partial charge in [0, 0.05) is 5.54 Å². The van der Waals surface area contributed by atoms with Crippen molar-refractivity contribution in [2.24, 2.45) is 0 Å². The second-order valence-electron chi connectivity index (χ2n) is 4.32. The first-order valence-electron chi connectivity index (χ1n) is 4.76. The van der Waals surface area contributed by atoms with Crippen LogP contribution in [0.15, 0.2) is 30.3 Å². The fourth-order valence-electron chi connectivity index (χ4n) is 1.14. The van der Waals surface area contributed by atoms with E-state index >= 15 is 0 Å². The first-order valence-corrected chi connectivity index (χ1v) is 4.76. The number of anilines is 1. The standard InChI is InChI=1S/C11H16N2O2/c1-11(2,3)12-13(10(14)15)9-7-5-4-6-8-9/h4-8,12H,1-3H3,(H,14,15). The van der Waals surface area contributed by atoms with Gasteiger partial charge in [0.1, 0.15) is 0 Å². The Labute approximate surface area is 89.5 Å². The van der Waals surface area contributed by atoms with Crippen LogP contribution >= 0.6 is 0 Å². The van der Waals surface area contributed by atoms with Crippen LogP contribution in [0.3, 0.4) is 0 Å². The molecule has 1 amide bonds. The summed E-state index contributed by atoms with van der Waals surface area (Å²) in [6.45, 7) is 5.73. The highest BCUT2D eigenvalue weighted by Crippen LogP contribution is 2.13. The van der Waals surface area contributed by atoms with Gasteiger partial charge in [0.25, 0.3) is 0 Å². The lowest BCUT2D eigenvalue weighted by atomic mass is 10.1. The Hall–Kier alpha value is -1.55. The van der Waals surface area contributed by atoms with E-state index in [9.17, 15) is 4.79 Å². The molecular weight excluding hydrogens is 192 g/mol. The molecule has 0 aliphatic heterocycles. The average molecular weight is 208 g/mol. The summed E-state index contributed by atoms with van der Waals surface area (Å²) in [4.78, 5) is 11.0. The molecule has 15 heavy (non-hydrogen) atoms. The van der Waals surface area contributed by atoms with E-state index in [0.717, 1.165) is 5.01 Å². The molecule has 4 nitrogen and oxygen atoms in total. The van der Waals surface area contributed by atoms with Gasteiger partial charge in [-0.3, -0.25) is 0 Å². The molecule has 2 N–H and O–H groups in total. The number of nitrogens with one attached hydrogen (secondary N) is 1. The largest absolute Gasteiger partial charge is 0.464 e. The van der Waals surface area contributed by atoms with Crippen molar-refractivity contribution in [3.63, 3.8) is 0 Å². The maximum Gasteiger partial charge on any atom is 0.426 e. The average Bonchev–Trinajstić information content (AvgIpc) is 2.14. The first kappa shape index (κ1) is 11.5. The zero-order valence-corrected chi connectivity index (χ0v) is 9.19. The van der Waals surface area contributed by atoms with Gasteiger partial charge in [0.2, 0.25) is 0 Å². The lowest BCUT2D eigenvalue weighted by Gasteiger charge is -2.29. The summed E-state index contributed by atoms with van der Waals surface area (Å²) in [5.41, 5.74) is 3.22. The normalized spacial score (nSPS) is 11.1. The SMILES string of the molecule is CC(C)(C)NN(C(=O)O)c1ccccc1. The number of carboxylic acid groups (broad SMARTS) is 1. The molecule has 1 aromatic carbocycles. The minimum atomic E-state index is -1.02. The van der Waals surface area contributed by atoms with Crippen LogP contribution in [0.25, 0.3) is 0 Å². The Morgan fingerprint density at radius 1 is 1.27 bits per heavy atom. The Kier molecular flexibility index (Phi) is 3.31. The van der Waals surface area contributed by atoms with Crippen LogP contribution in [-0.4, -0.2) is 16.7 Å². The van der Waals surface area contributed by atoms with Crippen LogP contribution in [-0.2, 0) is 0 Å². The minimum absolute atomic E-state index is 0.297. The number of hydrogen-bond donors (Lipinski definition) is 2. The van der Waals surface area contributed by atoms with Crippen molar-refractivity contribution >= 4 is 11.8 Å². The number of nitrogens with zero attached hydrogens (tertiary/aromatic N) is 1. The van der Waals surface area contributed by atoms with E-state index in [4.69, 9.17) is 5.11 Å². The summed E-state index contributed by atoms with van der Waals surface area (Å²) < 4.78 is 0. The van der Waals surface area contributed by atoms with Crippen LogP contribution in [0.4, 0.5) is 10.5 Å². The van der Waals surface area contributed by atoms with Crippen molar-refractivity contribution in [2.75, 3.05) is 5.01 Å². The van der Waals surface area contributed by atoms with Crippen molar-refractivity contribution in [2.45, 2.75) is 26.3 Å². The van der Waals surface area contributed by atoms with Crippen molar-refractivity contribution in [1.82, 2.24) is 5.43 Å². The van der Waals surface area contributed by atoms with E-state index in [1.807, 2.05) is 26.8 Å². The molecule has 0 fully saturated rings. The van der Waals surface area contributed by atoms with Gasteiger partial charge in [-0.15, -0.1) is 0 Å². The second-order valence-corrected chi connectivity index (χ2v) is 4.32.